The van der Waals surface area contributed by atoms with E-state index in [1.807, 2.05) is 45.2 Å². The van der Waals surface area contributed by atoms with Gasteiger partial charge in [-0.1, -0.05) is 13.8 Å². The molecule has 0 radical (unpaired) electrons. The minimum absolute atomic E-state index is 0.190. The Labute approximate surface area is 121 Å². The standard InChI is InChI=1S/C15H16N2O2S/c1-9-4-5-13(20-9)11-6-12-10(7-16-11)15(2,3)8-17(12)14(18)19/h4-7H,8H2,1-3H3,(H,18,19). The molecule has 0 atom stereocenters. The molecule has 1 amide bonds. The third-order valence-corrected chi connectivity index (χ3v) is 4.70. The van der Waals surface area contributed by atoms with Crippen molar-refractivity contribution in [2.75, 3.05) is 11.4 Å². The van der Waals surface area contributed by atoms with Crippen molar-refractivity contribution in [3.63, 3.8) is 0 Å². The summed E-state index contributed by atoms with van der Waals surface area (Å²) in [7, 11) is 0. The van der Waals surface area contributed by atoms with E-state index in [9.17, 15) is 9.90 Å². The van der Waals surface area contributed by atoms with Gasteiger partial charge in [-0.05, 0) is 25.1 Å². The first kappa shape index (κ1) is 13.1. The number of rotatable bonds is 1. The van der Waals surface area contributed by atoms with Gasteiger partial charge in [-0.3, -0.25) is 9.88 Å². The van der Waals surface area contributed by atoms with Crippen molar-refractivity contribution in [3.8, 4) is 10.6 Å². The van der Waals surface area contributed by atoms with Crippen molar-refractivity contribution in [1.29, 1.82) is 0 Å². The molecular weight excluding hydrogens is 272 g/mol. The van der Waals surface area contributed by atoms with Gasteiger partial charge in [0.25, 0.3) is 0 Å². The Hall–Kier alpha value is -1.88. The van der Waals surface area contributed by atoms with Crippen LogP contribution in [0.1, 0.15) is 24.3 Å². The minimum Gasteiger partial charge on any atom is -0.465 e. The van der Waals surface area contributed by atoms with Crippen molar-refractivity contribution >= 4 is 23.1 Å². The molecule has 4 nitrogen and oxygen atoms in total. The van der Waals surface area contributed by atoms with Crippen molar-refractivity contribution in [2.24, 2.45) is 0 Å². The van der Waals surface area contributed by atoms with Crippen molar-refractivity contribution in [3.05, 3.63) is 34.8 Å². The van der Waals surface area contributed by atoms with Gasteiger partial charge in [-0.25, -0.2) is 4.79 Å². The summed E-state index contributed by atoms with van der Waals surface area (Å²) in [5.74, 6) is 0. The van der Waals surface area contributed by atoms with Crippen LogP contribution in [0, 0.1) is 6.92 Å². The molecule has 0 saturated carbocycles. The van der Waals surface area contributed by atoms with Gasteiger partial charge >= 0.3 is 6.09 Å². The first-order valence-corrected chi connectivity index (χ1v) is 7.28. The Morgan fingerprint density at radius 2 is 2.20 bits per heavy atom. The summed E-state index contributed by atoms with van der Waals surface area (Å²) in [5, 5.41) is 9.37. The highest BCUT2D eigenvalue weighted by Gasteiger charge is 2.38. The van der Waals surface area contributed by atoms with Gasteiger partial charge in [0.15, 0.2) is 0 Å². The first-order chi connectivity index (χ1) is 9.38. The van der Waals surface area contributed by atoms with Crippen LogP contribution in [0.2, 0.25) is 0 Å². The topological polar surface area (TPSA) is 53.4 Å². The molecule has 0 bridgehead atoms. The number of aryl methyl sites for hydroxylation is 1. The minimum atomic E-state index is -0.906. The monoisotopic (exact) mass is 288 g/mol. The Morgan fingerprint density at radius 1 is 1.45 bits per heavy atom. The van der Waals surface area contributed by atoms with E-state index in [2.05, 4.69) is 4.98 Å². The number of pyridine rings is 1. The van der Waals surface area contributed by atoms with Crippen LogP contribution in [-0.4, -0.2) is 22.7 Å². The van der Waals surface area contributed by atoms with Gasteiger partial charge in [0, 0.05) is 28.6 Å². The lowest BCUT2D eigenvalue weighted by molar-refractivity contribution is 0.201. The summed E-state index contributed by atoms with van der Waals surface area (Å²) in [5.41, 5.74) is 2.41. The highest BCUT2D eigenvalue weighted by atomic mass is 32.1. The Balaban J connectivity index is 2.12. The third kappa shape index (κ3) is 1.98. The second kappa shape index (κ2) is 4.31. The van der Waals surface area contributed by atoms with E-state index in [1.54, 1.807) is 11.3 Å². The van der Waals surface area contributed by atoms with E-state index in [-0.39, 0.29) is 5.41 Å². The zero-order chi connectivity index (χ0) is 14.5. The lowest BCUT2D eigenvalue weighted by atomic mass is 9.88. The third-order valence-electron chi connectivity index (χ3n) is 3.68. The molecule has 0 spiro atoms. The zero-order valence-electron chi connectivity index (χ0n) is 11.7. The normalized spacial score (nSPS) is 16.2. The van der Waals surface area contributed by atoms with Gasteiger partial charge in [-0.2, -0.15) is 0 Å². The fourth-order valence-corrected chi connectivity index (χ4v) is 3.47. The first-order valence-electron chi connectivity index (χ1n) is 6.46. The molecule has 0 fully saturated rings. The van der Waals surface area contributed by atoms with E-state index in [0.717, 1.165) is 21.8 Å². The molecule has 0 unspecified atom stereocenters. The summed E-state index contributed by atoms with van der Waals surface area (Å²) in [4.78, 5) is 19.6. The van der Waals surface area contributed by atoms with E-state index in [0.29, 0.717) is 6.54 Å². The maximum atomic E-state index is 11.4. The highest BCUT2D eigenvalue weighted by Crippen LogP contribution is 2.42. The number of anilines is 1. The number of hydrogen-bond acceptors (Lipinski definition) is 3. The van der Waals surface area contributed by atoms with Crippen LogP contribution < -0.4 is 4.90 Å². The molecule has 0 saturated heterocycles. The predicted molar refractivity (Wildman–Crippen MR) is 80.7 cm³/mol. The van der Waals surface area contributed by atoms with Gasteiger partial charge in [0.2, 0.25) is 0 Å². The number of carboxylic acid groups (broad SMARTS) is 1. The van der Waals surface area contributed by atoms with Gasteiger partial charge < -0.3 is 5.11 Å². The van der Waals surface area contributed by atoms with E-state index in [1.165, 1.54) is 9.78 Å². The molecule has 1 N–H and O–H groups in total. The fraction of sp³-hybridized carbons (Fsp3) is 0.333. The molecular formula is C15H16N2O2S. The molecule has 3 rings (SSSR count). The zero-order valence-corrected chi connectivity index (χ0v) is 12.5. The van der Waals surface area contributed by atoms with Crippen molar-refractivity contribution < 1.29 is 9.90 Å². The lowest BCUT2D eigenvalue weighted by Crippen LogP contribution is -2.32. The van der Waals surface area contributed by atoms with Crippen LogP contribution in [-0.2, 0) is 5.41 Å². The summed E-state index contributed by atoms with van der Waals surface area (Å²) < 4.78 is 0. The van der Waals surface area contributed by atoms with Crippen LogP contribution >= 0.6 is 11.3 Å². The number of hydrogen-bond donors (Lipinski definition) is 1. The summed E-state index contributed by atoms with van der Waals surface area (Å²) in [6.07, 6.45) is 0.916. The maximum absolute atomic E-state index is 11.4. The van der Waals surface area contributed by atoms with E-state index >= 15 is 0 Å². The van der Waals surface area contributed by atoms with Crippen LogP contribution in [0.5, 0.6) is 0 Å². The van der Waals surface area contributed by atoms with Crippen LogP contribution in [0.25, 0.3) is 10.6 Å². The lowest BCUT2D eigenvalue weighted by Gasteiger charge is -2.18. The quantitative estimate of drug-likeness (QED) is 0.866. The Morgan fingerprint density at radius 3 is 2.80 bits per heavy atom. The predicted octanol–water partition coefficient (Wildman–Crippen LogP) is 3.89. The number of amides is 1. The number of nitrogens with zero attached hydrogens (tertiary/aromatic N) is 2. The Kier molecular flexibility index (Phi) is 2.83. The molecule has 0 aromatic carbocycles. The largest absolute Gasteiger partial charge is 0.465 e. The molecule has 20 heavy (non-hydrogen) atoms. The summed E-state index contributed by atoms with van der Waals surface area (Å²) in [6, 6.07) is 5.97. The highest BCUT2D eigenvalue weighted by molar-refractivity contribution is 7.15. The summed E-state index contributed by atoms with van der Waals surface area (Å²) >= 11 is 1.67. The molecule has 3 heterocycles. The summed E-state index contributed by atoms with van der Waals surface area (Å²) in [6.45, 7) is 6.62. The molecule has 5 heteroatoms. The smallest absolute Gasteiger partial charge is 0.411 e. The Bertz CT molecular complexity index is 691. The number of fused-ring (bicyclic) bond motifs is 1. The SMILES string of the molecule is Cc1ccc(-c2cc3c(cn2)C(C)(C)CN3C(=O)O)s1. The second-order valence-corrected chi connectivity index (χ2v) is 7.04. The van der Waals surface area contributed by atoms with E-state index < -0.39 is 6.09 Å². The van der Waals surface area contributed by atoms with Crippen LogP contribution in [0.4, 0.5) is 10.5 Å². The fourth-order valence-electron chi connectivity index (χ4n) is 2.63. The van der Waals surface area contributed by atoms with Crippen molar-refractivity contribution in [2.45, 2.75) is 26.2 Å². The number of carbonyl (C=O) groups is 1. The number of aromatic nitrogens is 1. The average molecular weight is 288 g/mol. The van der Waals surface area contributed by atoms with Gasteiger partial charge in [0.05, 0.1) is 16.3 Å². The van der Waals surface area contributed by atoms with Crippen molar-refractivity contribution in [1.82, 2.24) is 4.98 Å². The molecule has 2 aromatic heterocycles. The van der Waals surface area contributed by atoms with Gasteiger partial charge in [0.1, 0.15) is 0 Å². The van der Waals surface area contributed by atoms with E-state index in [4.69, 9.17) is 0 Å². The molecule has 1 aliphatic rings. The second-order valence-electron chi connectivity index (χ2n) is 5.75. The molecule has 0 aliphatic carbocycles. The molecule has 104 valence electrons. The number of thiophene rings is 1. The van der Waals surface area contributed by atoms with Crippen LogP contribution in [0.15, 0.2) is 24.4 Å². The van der Waals surface area contributed by atoms with Crippen LogP contribution in [0.3, 0.4) is 0 Å². The molecule has 1 aliphatic heterocycles. The average Bonchev–Trinajstić information content (AvgIpc) is 2.92. The van der Waals surface area contributed by atoms with Gasteiger partial charge in [-0.15, -0.1) is 11.3 Å². The maximum Gasteiger partial charge on any atom is 0.411 e. The molecule has 2 aromatic rings.